The highest BCUT2D eigenvalue weighted by Gasteiger charge is 2.44. The fourth-order valence-electron chi connectivity index (χ4n) is 5.73. The van der Waals surface area contributed by atoms with Crippen LogP contribution >= 0.6 is 0 Å². The Kier molecular flexibility index (Phi) is 6.19. The number of benzene rings is 1. The van der Waals surface area contributed by atoms with Crippen LogP contribution in [-0.2, 0) is 9.59 Å². The third-order valence-corrected chi connectivity index (χ3v) is 7.74. The molecule has 0 spiro atoms. The molecule has 5 rings (SSSR count). The van der Waals surface area contributed by atoms with Gasteiger partial charge in [-0.2, -0.15) is 0 Å². The van der Waals surface area contributed by atoms with Gasteiger partial charge in [-0.05, 0) is 43.5 Å². The number of carbonyl (C=O) groups is 4. The summed E-state index contributed by atoms with van der Waals surface area (Å²) in [5, 5.41) is 2.24. The predicted molar refractivity (Wildman–Crippen MR) is 123 cm³/mol. The van der Waals surface area contributed by atoms with Crippen LogP contribution in [0.5, 0.6) is 0 Å². The average Bonchev–Trinajstić information content (AvgIpc) is 3.08. The molecule has 2 saturated heterocycles. The maximum Gasteiger partial charge on any atom is 0.262 e. The molecular formula is C25H32N4O4. The molecule has 33 heavy (non-hydrogen) atoms. The molecule has 0 radical (unpaired) electrons. The van der Waals surface area contributed by atoms with Crippen molar-refractivity contribution in [2.75, 3.05) is 37.6 Å². The molecule has 4 amide bonds. The van der Waals surface area contributed by atoms with Crippen molar-refractivity contribution >= 4 is 29.3 Å². The van der Waals surface area contributed by atoms with E-state index in [2.05, 4.69) is 15.1 Å². The van der Waals surface area contributed by atoms with Gasteiger partial charge in [-0.15, -0.1) is 0 Å². The van der Waals surface area contributed by atoms with Gasteiger partial charge in [0.2, 0.25) is 11.8 Å². The van der Waals surface area contributed by atoms with E-state index in [-0.39, 0.29) is 18.7 Å². The largest absolute Gasteiger partial charge is 0.369 e. The zero-order valence-corrected chi connectivity index (χ0v) is 19.1. The number of imide groups is 2. The number of rotatable bonds is 5. The molecule has 8 nitrogen and oxygen atoms in total. The number of anilines is 1. The number of hydrogen-bond acceptors (Lipinski definition) is 6. The highest BCUT2D eigenvalue weighted by molar-refractivity contribution is 6.23. The van der Waals surface area contributed by atoms with Gasteiger partial charge >= 0.3 is 0 Å². The molecule has 1 aromatic carbocycles. The molecule has 1 unspecified atom stereocenters. The van der Waals surface area contributed by atoms with Gasteiger partial charge in [0.1, 0.15) is 6.04 Å². The first-order chi connectivity index (χ1) is 16.0. The van der Waals surface area contributed by atoms with Crippen molar-refractivity contribution in [2.45, 2.75) is 57.4 Å². The van der Waals surface area contributed by atoms with Gasteiger partial charge in [0.15, 0.2) is 0 Å². The summed E-state index contributed by atoms with van der Waals surface area (Å²) in [6.07, 6.45) is 8.54. The van der Waals surface area contributed by atoms with E-state index in [0.29, 0.717) is 11.1 Å². The molecule has 1 saturated carbocycles. The summed E-state index contributed by atoms with van der Waals surface area (Å²) in [6, 6.07) is 4.47. The summed E-state index contributed by atoms with van der Waals surface area (Å²) >= 11 is 0. The van der Waals surface area contributed by atoms with Crippen molar-refractivity contribution in [1.82, 2.24) is 15.1 Å². The highest BCUT2D eigenvalue weighted by atomic mass is 16.2. The number of fused-ring (bicyclic) bond motifs is 1. The third kappa shape index (κ3) is 4.40. The second-order valence-corrected chi connectivity index (χ2v) is 9.80. The molecule has 4 aliphatic rings. The summed E-state index contributed by atoms with van der Waals surface area (Å²) in [7, 11) is 0. The second kappa shape index (κ2) is 9.25. The monoisotopic (exact) mass is 452 g/mol. The Balaban J connectivity index is 1.21. The number of nitrogens with zero attached hydrogens (tertiary/aromatic N) is 3. The Bertz CT molecular complexity index is 963. The van der Waals surface area contributed by atoms with E-state index in [1.54, 1.807) is 12.1 Å². The Hall–Kier alpha value is -2.74. The van der Waals surface area contributed by atoms with Crippen molar-refractivity contribution in [1.29, 1.82) is 0 Å². The van der Waals surface area contributed by atoms with Crippen LogP contribution in [-0.4, -0.2) is 72.2 Å². The highest BCUT2D eigenvalue weighted by Crippen LogP contribution is 2.31. The average molecular weight is 453 g/mol. The minimum absolute atomic E-state index is 0.125. The minimum Gasteiger partial charge on any atom is -0.369 e. The van der Waals surface area contributed by atoms with E-state index in [1.807, 2.05) is 6.07 Å². The lowest BCUT2D eigenvalue weighted by Crippen LogP contribution is -2.54. The van der Waals surface area contributed by atoms with Gasteiger partial charge in [-0.25, -0.2) is 0 Å². The molecule has 3 fully saturated rings. The molecule has 8 heteroatoms. The van der Waals surface area contributed by atoms with Crippen molar-refractivity contribution in [2.24, 2.45) is 5.92 Å². The number of hydrogen-bond donors (Lipinski definition) is 1. The number of carbonyl (C=O) groups excluding carboxylic acids is 4. The van der Waals surface area contributed by atoms with Crippen LogP contribution < -0.4 is 10.2 Å². The number of piperidine rings is 1. The van der Waals surface area contributed by atoms with Crippen LogP contribution in [0.4, 0.5) is 5.69 Å². The second-order valence-electron chi connectivity index (χ2n) is 9.80. The standard InChI is InChI=1S/C25H32N4O4/c30-22-9-8-21(23(31)26-22)29-24(32)19-7-6-18(16-20(19)25(29)33)28-14-12-27(13-15-28)11-10-17-4-2-1-3-5-17/h6-7,16-17,21H,1-5,8-15H2,(H,26,30,31). The molecule has 0 aromatic heterocycles. The van der Waals surface area contributed by atoms with Crippen LogP contribution in [0, 0.1) is 5.92 Å². The van der Waals surface area contributed by atoms with E-state index >= 15 is 0 Å². The first-order valence-corrected chi connectivity index (χ1v) is 12.3. The van der Waals surface area contributed by atoms with Crippen LogP contribution in [0.3, 0.4) is 0 Å². The fraction of sp³-hybridized carbons (Fsp3) is 0.600. The van der Waals surface area contributed by atoms with E-state index in [9.17, 15) is 19.2 Å². The van der Waals surface area contributed by atoms with Gasteiger partial charge in [-0.3, -0.25) is 34.3 Å². The molecule has 3 heterocycles. The summed E-state index contributed by atoms with van der Waals surface area (Å²) < 4.78 is 0. The fourth-order valence-corrected chi connectivity index (χ4v) is 5.73. The Labute approximate surface area is 194 Å². The predicted octanol–water partition coefficient (Wildman–Crippen LogP) is 2.18. The van der Waals surface area contributed by atoms with Gasteiger partial charge in [0.05, 0.1) is 11.1 Å². The van der Waals surface area contributed by atoms with Crippen molar-refractivity contribution in [3.05, 3.63) is 29.3 Å². The lowest BCUT2D eigenvalue weighted by Gasteiger charge is -2.37. The van der Waals surface area contributed by atoms with E-state index in [1.165, 1.54) is 38.5 Å². The lowest BCUT2D eigenvalue weighted by molar-refractivity contribution is -0.136. The number of piperazine rings is 1. The van der Waals surface area contributed by atoms with Crippen molar-refractivity contribution < 1.29 is 19.2 Å². The topological polar surface area (TPSA) is 90.0 Å². The van der Waals surface area contributed by atoms with Crippen LogP contribution in [0.1, 0.15) is 72.1 Å². The molecule has 1 aliphatic carbocycles. The lowest BCUT2D eigenvalue weighted by atomic mass is 9.87. The van der Waals surface area contributed by atoms with Gasteiger partial charge in [0.25, 0.3) is 11.8 Å². The zero-order chi connectivity index (χ0) is 22.9. The maximum absolute atomic E-state index is 13.1. The van der Waals surface area contributed by atoms with E-state index in [4.69, 9.17) is 0 Å². The summed E-state index contributed by atoms with van der Waals surface area (Å²) in [5.74, 6) is -0.955. The number of nitrogens with one attached hydrogen (secondary N) is 1. The zero-order valence-electron chi connectivity index (χ0n) is 19.1. The number of amides is 4. The molecule has 1 atom stereocenters. The molecule has 0 bridgehead atoms. The maximum atomic E-state index is 13.1. The van der Waals surface area contributed by atoms with Gasteiger partial charge in [0, 0.05) is 38.3 Å². The van der Waals surface area contributed by atoms with E-state index < -0.39 is 23.8 Å². The van der Waals surface area contributed by atoms with Gasteiger partial charge < -0.3 is 4.90 Å². The van der Waals surface area contributed by atoms with Gasteiger partial charge in [-0.1, -0.05) is 32.1 Å². The normalized spacial score (nSPS) is 24.9. The summed E-state index contributed by atoms with van der Waals surface area (Å²) in [4.78, 5) is 55.5. The first-order valence-electron chi connectivity index (χ1n) is 12.3. The minimum atomic E-state index is -0.925. The Morgan fingerprint density at radius 2 is 1.58 bits per heavy atom. The van der Waals surface area contributed by atoms with Crippen LogP contribution in [0.2, 0.25) is 0 Å². The molecule has 1 aromatic rings. The van der Waals surface area contributed by atoms with Crippen LogP contribution in [0.25, 0.3) is 0 Å². The Morgan fingerprint density at radius 1 is 0.848 bits per heavy atom. The molecule has 176 valence electrons. The third-order valence-electron chi connectivity index (χ3n) is 7.74. The first kappa shape index (κ1) is 22.1. The quantitative estimate of drug-likeness (QED) is 0.689. The summed E-state index contributed by atoms with van der Waals surface area (Å²) in [6.45, 7) is 4.94. The Morgan fingerprint density at radius 3 is 2.30 bits per heavy atom. The van der Waals surface area contributed by atoms with E-state index in [0.717, 1.165) is 49.2 Å². The SMILES string of the molecule is O=C1CCC(N2C(=O)c3ccc(N4CCN(CCC5CCCCC5)CC4)cc3C2=O)C(=O)N1. The van der Waals surface area contributed by atoms with Crippen molar-refractivity contribution in [3.63, 3.8) is 0 Å². The molecular weight excluding hydrogens is 420 g/mol. The smallest absolute Gasteiger partial charge is 0.262 e. The molecule has 3 aliphatic heterocycles. The molecule has 1 N–H and O–H groups in total. The van der Waals surface area contributed by atoms with Crippen molar-refractivity contribution in [3.8, 4) is 0 Å². The van der Waals surface area contributed by atoms with Crippen LogP contribution in [0.15, 0.2) is 18.2 Å². The summed E-state index contributed by atoms with van der Waals surface area (Å²) in [5.41, 5.74) is 1.62.